The van der Waals surface area contributed by atoms with Crippen LogP contribution in [0.5, 0.6) is 5.75 Å². The summed E-state index contributed by atoms with van der Waals surface area (Å²) >= 11 is 0. The molecule has 4 nitrogen and oxygen atoms in total. The molecule has 1 aliphatic heterocycles. The minimum absolute atomic E-state index is 0.483. The third-order valence-corrected chi connectivity index (χ3v) is 5.13. The molecule has 2 heterocycles. The number of aromatic nitrogens is 1. The lowest BCUT2D eigenvalue weighted by atomic mass is 9.82. The van der Waals surface area contributed by atoms with Crippen molar-refractivity contribution in [1.82, 2.24) is 10.3 Å². The maximum atomic E-state index is 10.8. The van der Waals surface area contributed by atoms with Crippen LogP contribution in [0, 0.1) is 11.8 Å². The number of benzene rings is 1. The van der Waals surface area contributed by atoms with Crippen molar-refractivity contribution in [1.29, 1.82) is 0 Å². The highest BCUT2D eigenvalue weighted by Crippen LogP contribution is 2.32. The van der Waals surface area contributed by atoms with Gasteiger partial charge in [-0.25, -0.2) is 0 Å². The largest absolute Gasteiger partial charge is 0.497 e. The number of hydrogen-bond donors (Lipinski definition) is 2. The van der Waals surface area contributed by atoms with Gasteiger partial charge in [0.15, 0.2) is 0 Å². The van der Waals surface area contributed by atoms with Gasteiger partial charge in [0.25, 0.3) is 0 Å². The smallest absolute Gasteiger partial charge is 0.119 e. The summed E-state index contributed by atoms with van der Waals surface area (Å²) in [6.07, 6.45) is 6.25. The quantitative estimate of drug-likeness (QED) is 0.798. The number of rotatable bonds is 6. The van der Waals surface area contributed by atoms with Crippen LogP contribution in [-0.4, -0.2) is 30.3 Å². The zero-order chi connectivity index (χ0) is 16.9. The van der Waals surface area contributed by atoms with Crippen molar-refractivity contribution in [2.24, 2.45) is 11.8 Å². The van der Waals surface area contributed by atoms with E-state index in [9.17, 15) is 5.11 Å². The van der Waals surface area contributed by atoms with Gasteiger partial charge >= 0.3 is 0 Å². The van der Waals surface area contributed by atoms with Crippen molar-refractivity contribution in [3.05, 3.63) is 48.7 Å². The molecule has 1 aromatic carbocycles. The van der Waals surface area contributed by atoms with Crippen molar-refractivity contribution in [3.63, 3.8) is 0 Å². The van der Waals surface area contributed by atoms with Gasteiger partial charge in [0.2, 0.25) is 0 Å². The van der Waals surface area contributed by atoms with Crippen molar-refractivity contribution < 1.29 is 9.84 Å². The number of aliphatic hydroxyl groups excluding tert-OH is 1. The second-order valence-corrected chi connectivity index (χ2v) is 6.53. The number of methoxy groups -OCH3 is 1. The Kier molecular flexibility index (Phi) is 5.48. The van der Waals surface area contributed by atoms with E-state index in [1.807, 2.05) is 24.3 Å². The van der Waals surface area contributed by atoms with Gasteiger partial charge in [0, 0.05) is 18.1 Å². The highest BCUT2D eigenvalue weighted by atomic mass is 16.5. The van der Waals surface area contributed by atoms with E-state index in [0.717, 1.165) is 54.6 Å². The number of hydrogen-bond acceptors (Lipinski definition) is 4. The molecule has 128 valence electrons. The Hall–Kier alpha value is -1.91. The first-order valence-electron chi connectivity index (χ1n) is 8.67. The lowest BCUT2D eigenvalue weighted by Crippen LogP contribution is -2.35. The average Bonchev–Trinajstić information content (AvgIpc) is 2.65. The fourth-order valence-corrected chi connectivity index (χ4v) is 3.66. The predicted octanol–water partition coefficient (Wildman–Crippen LogP) is 3.47. The summed E-state index contributed by atoms with van der Waals surface area (Å²) in [7, 11) is 1.65. The molecular formula is C20H26N2O2. The predicted molar refractivity (Wildman–Crippen MR) is 97.2 cm³/mol. The average molecular weight is 326 g/mol. The first kappa shape index (κ1) is 16.9. The molecule has 0 bridgehead atoms. The molecule has 1 saturated heterocycles. The van der Waals surface area contributed by atoms with Gasteiger partial charge in [0.1, 0.15) is 5.75 Å². The molecule has 2 aromatic rings. The molecule has 1 aliphatic rings. The summed E-state index contributed by atoms with van der Waals surface area (Å²) in [5, 5.41) is 15.1. The standard InChI is InChI=1S/C20H26N2O2/c1-3-14-13-21-10-8-15(14)4-7-20(23)17-9-11-22-19-6-5-16(24-2)12-18(17)19/h3,5-6,9,11-12,14-15,20-21,23H,1,4,7-8,10,13H2,2H3. The molecule has 24 heavy (non-hydrogen) atoms. The van der Waals surface area contributed by atoms with Crippen LogP contribution < -0.4 is 10.1 Å². The van der Waals surface area contributed by atoms with E-state index in [4.69, 9.17) is 4.74 Å². The van der Waals surface area contributed by atoms with Crippen LogP contribution >= 0.6 is 0 Å². The third-order valence-electron chi connectivity index (χ3n) is 5.13. The number of piperidine rings is 1. The zero-order valence-corrected chi connectivity index (χ0v) is 14.2. The second kappa shape index (κ2) is 7.77. The highest BCUT2D eigenvalue weighted by molar-refractivity contribution is 5.83. The summed E-state index contributed by atoms with van der Waals surface area (Å²) in [6, 6.07) is 7.71. The third kappa shape index (κ3) is 3.60. The number of fused-ring (bicyclic) bond motifs is 1. The van der Waals surface area contributed by atoms with Crippen LogP contribution in [0.2, 0.25) is 0 Å². The molecule has 2 N–H and O–H groups in total. The van der Waals surface area contributed by atoms with Gasteiger partial charge in [-0.15, -0.1) is 6.58 Å². The molecule has 3 unspecified atom stereocenters. The van der Waals surface area contributed by atoms with E-state index in [2.05, 4.69) is 23.0 Å². The lowest BCUT2D eigenvalue weighted by Gasteiger charge is -2.30. The van der Waals surface area contributed by atoms with E-state index < -0.39 is 6.10 Å². The summed E-state index contributed by atoms with van der Waals surface area (Å²) in [4.78, 5) is 4.39. The molecule has 4 heteroatoms. The summed E-state index contributed by atoms with van der Waals surface area (Å²) in [6.45, 7) is 6.01. The SMILES string of the molecule is C=CC1CNCCC1CCC(O)c1ccnc2ccc(OC)cc12. The van der Waals surface area contributed by atoms with Crippen molar-refractivity contribution >= 4 is 10.9 Å². The Bertz CT molecular complexity index is 701. The van der Waals surface area contributed by atoms with Gasteiger partial charge in [-0.1, -0.05) is 6.08 Å². The monoisotopic (exact) mass is 326 g/mol. The van der Waals surface area contributed by atoms with Crippen LogP contribution in [0.25, 0.3) is 10.9 Å². The molecule has 3 rings (SSSR count). The summed E-state index contributed by atoms with van der Waals surface area (Å²) in [5.74, 6) is 1.88. The summed E-state index contributed by atoms with van der Waals surface area (Å²) in [5.41, 5.74) is 1.82. The van der Waals surface area contributed by atoms with E-state index >= 15 is 0 Å². The van der Waals surface area contributed by atoms with E-state index in [1.165, 1.54) is 0 Å². The van der Waals surface area contributed by atoms with Gasteiger partial charge in [-0.05, 0) is 67.5 Å². The molecule has 1 fully saturated rings. The lowest BCUT2D eigenvalue weighted by molar-refractivity contribution is 0.147. The maximum absolute atomic E-state index is 10.8. The van der Waals surface area contributed by atoms with Gasteiger partial charge in [-0.2, -0.15) is 0 Å². The Balaban J connectivity index is 1.76. The normalized spacial score (nSPS) is 22.2. The van der Waals surface area contributed by atoms with Crippen LogP contribution in [-0.2, 0) is 0 Å². The molecule has 0 saturated carbocycles. The number of pyridine rings is 1. The van der Waals surface area contributed by atoms with Crippen molar-refractivity contribution in [2.45, 2.75) is 25.4 Å². The molecule has 0 radical (unpaired) electrons. The Morgan fingerprint density at radius 2 is 2.33 bits per heavy atom. The van der Waals surface area contributed by atoms with Crippen LogP contribution in [0.15, 0.2) is 43.1 Å². The van der Waals surface area contributed by atoms with Gasteiger partial charge in [-0.3, -0.25) is 4.98 Å². The minimum atomic E-state index is -0.483. The first-order chi connectivity index (χ1) is 11.7. The van der Waals surface area contributed by atoms with Crippen LogP contribution in [0.1, 0.15) is 30.9 Å². The molecule has 1 aromatic heterocycles. The first-order valence-corrected chi connectivity index (χ1v) is 8.67. The zero-order valence-electron chi connectivity index (χ0n) is 14.2. The molecule has 0 spiro atoms. The number of ether oxygens (including phenoxy) is 1. The highest BCUT2D eigenvalue weighted by Gasteiger charge is 2.23. The molecule has 0 aliphatic carbocycles. The van der Waals surface area contributed by atoms with Crippen molar-refractivity contribution in [3.8, 4) is 5.75 Å². The molecule has 0 amide bonds. The number of nitrogens with one attached hydrogen (secondary N) is 1. The van der Waals surface area contributed by atoms with Gasteiger partial charge < -0.3 is 15.2 Å². The molecule has 3 atom stereocenters. The van der Waals surface area contributed by atoms with Gasteiger partial charge in [0.05, 0.1) is 18.7 Å². The van der Waals surface area contributed by atoms with Crippen LogP contribution in [0.4, 0.5) is 0 Å². The Labute approximate surface area is 143 Å². The summed E-state index contributed by atoms with van der Waals surface area (Å²) < 4.78 is 5.31. The second-order valence-electron chi connectivity index (χ2n) is 6.53. The minimum Gasteiger partial charge on any atom is -0.497 e. The fourth-order valence-electron chi connectivity index (χ4n) is 3.66. The topological polar surface area (TPSA) is 54.4 Å². The fraction of sp³-hybridized carbons (Fsp3) is 0.450. The van der Waals surface area contributed by atoms with E-state index in [1.54, 1.807) is 13.3 Å². The number of aliphatic hydroxyl groups is 1. The number of nitrogens with zero attached hydrogens (tertiary/aromatic N) is 1. The molecular weight excluding hydrogens is 300 g/mol. The Morgan fingerprint density at radius 3 is 3.12 bits per heavy atom. The van der Waals surface area contributed by atoms with Crippen LogP contribution in [0.3, 0.4) is 0 Å². The van der Waals surface area contributed by atoms with Crippen molar-refractivity contribution in [2.75, 3.05) is 20.2 Å². The van der Waals surface area contributed by atoms with E-state index in [0.29, 0.717) is 11.8 Å². The van der Waals surface area contributed by atoms with E-state index in [-0.39, 0.29) is 0 Å². The maximum Gasteiger partial charge on any atom is 0.119 e. The Morgan fingerprint density at radius 1 is 1.46 bits per heavy atom.